The van der Waals surface area contributed by atoms with Crippen LogP contribution in [0, 0.1) is 6.42 Å². The predicted octanol–water partition coefficient (Wildman–Crippen LogP) is 2.23. The molecule has 20 heavy (non-hydrogen) atoms. The van der Waals surface area contributed by atoms with Crippen molar-refractivity contribution >= 4 is 29.1 Å². The lowest BCUT2D eigenvalue weighted by Gasteiger charge is -2.24. The Morgan fingerprint density at radius 2 is 2.00 bits per heavy atom. The third kappa shape index (κ3) is 5.05. The van der Waals surface area contributed by atoms with Gasteiger partial charge in [0.2, 0.25) is 0 Å². The summed E-state index contributed by atoms with van der Waals surface area (Å²) >= 11 is 4.84. The molecule has 0 fully saturated rings. The van der Waals surface area contributed by atoms with Crippen LogP contribution in [0.2, 0.25) is 0 Å². The Balaban J connectivity index is 2.60. The molecule has 109 valence electrons. The van der Waals surface area contributed by atoms with E-state index in [2.05, 4.69) is 35.4 Å². The van der Waals surface area contributed by atoms with Crippen molar-refractivity contribution in [1.82, 2.24) is 10.6 Å². The van der Waals surface area contributed by atoms with Gasteiger partial charge in [-0.25, -0.2) is 4.79 Å². The van der Waals surface area contributed by atoms with E-state index in [0.29, 0.717) is 6.54 Å². The second kappa shape index (κ2) is 8.37. The zero-order valence-corrected chi connectivity index (χ0v) is 12.5. The number of anilines is 1. The van der Waals surface area contributed by atoms with Gasteiger partial charge < -0.3 is 15.3 Å². The zero-order chi connectivity index (χ0) is 15.0. The summed E-state index contributed by atoms with van der Waals surface area (Å²) in [6.45, 7) is 6.58. The number of nitrogens with one attached hydrogen (secondary N) is 2. The van der Waals surface area contributed by atoms with Gasteiger partial charge in [-0.05, 0) is 37.7 Å². The number of hydrogen-bond acceptors (Lipinski definition) is 3. The Hall–Kier alpha value is -1.82. The van der Waals surface area contributed by atoms with E-state index in [9.17, 15) is 4.79 Å². The fourth-order valence-corrected chi connectivity index (χ4v) is 2.08. The molecule has 5 nitrogen and oxygen atoms in total. The van der Waals surface area contributed by atoms with Gasteiger partial charge in [0.05, 0.1) is 0 Å². The molecule has 0 heterocycles. The molecule has 0 saturated heterocycles. The van der Waals surface area contributed by atoms with Gasteiger partial charge in [-0.2, -0.15) is 0 Å². The van der Waals surface area contributed by atoms with E-state index in [1.165, 1.54) is 0 Å². The molecule has 0 aliphatic carbocycles. The Labute approximate surface area is 125 Å². The number of para-hydroxylation sites is 1. The molecular weight excluding hydrogens is 274 g/mol. The second-order valence-corrected chi connectivity index (χ2v) is 4.48. The maximum Gasteiger partial charge on any atom is 0.410 e. The highest BCUT2D eigenvalue weighted by Crippen LogP contribution is 2.21. The molecule has 0 aromatic heterocycles. The monoisotopic (exact) mass is 294 g/mol. The van der Waals surface area contributed by atoms with Gasteiger partial charge in [-0.1, -0.05) is 18.2 Å². The molecule has 0 spiro atoms. The van der Waals surface area contributed by atoms with Crippen molar-refractivity contribution in [3.05, 3.63) is 36.2 Å². The van der Waals surface area contributed by atoms with E-state index in [4.69, 9.17) is 17.3 Å². The molecular formula is C14H20N3O2S. The molecule has 1 rings (SSSR count). The summed E-state index contributed by atoms with van der Waals surface area (Å²) in [6, 6.07) is 8.09. The van der Waals surface area contributed by atoms with Crippen LogP contribution in [0.5, 0.6) is 0 Å². The van der Waals surface area contributed by atoms with Gasteiger partial charge in [0, 0.05) is 31.7 Å². The number of carboxylic acid groups (broad SMARTS) is 1. The lowest BCUT2D eigenvalue weighted by molar-refractivity contribution is 0.200. The van der Waals surface area contributed by atoms with Crippen LogP contribution in [-0.4, -0.2) is 35.9 Å². The van der Waals surface area contributed by atoms with Crippen LogP contribution in [0.25, 0.3) is 0 Å². The average Bonchev–Trinajstić information content (AvgIpc) is 2.41. The lowest BCUT2D eigenvalue weighted by atomic mass is 10.1. The van der Waals surface area contributed by atoms with Crippen molar-refractivity contribution in [2.24, 2.45) is 0 Å². The summed E-state index contributed by atoms with van der Waals surface area (Å²) in [5.74, 6) is 0. The van der Waals surface area contributed by atoms with Gasteiger partial charge in [0.1, 0.15) is 0 Å². The summed E-state index contributed by atoms with van der Waals surface area (Å²) in [5, 5.41) is 13.6. The van der Waals surface area contributed by atoms with E-state index in [1.54, 1.807) is 0 Å². The van der Waals surface area contributed by atoms with Crippen LogP contribution in [0.3, 0.4) is 0 Å². The standard InChI is InChI=1S/C14H20N3O2S/c1-3-17(4-2)12-8-6-5-7-11(12)9-10-15-13(20)16-14(18)19/h5-9H,3-4,10H2,1-2H3,(H,18,19)(H2,15,16,20). The Kier molecular flexibility index (Phi) is 6.79. The number of amides is 1. The molecule has 1 amide bonds. The van der Waals surface area contributed by atoms with Gasteiger partial charge in [-0.3, -0.25) is 5.32 Å². The van der Waals surface area contributed by atoms with Crippen molar-refractivity contribution in [2.45, 2.75) is 13.8 Å². The molecule has 0 aliphatic heterocycles. The fraction of sp³-hybridized carbons (Fsp3) is 0.357. The first-order chi connectivity index (χ1) is 9.58. The van der Waals surface area contributed by atoms with Gasteiger partial charge in [0.15, 0.2) is 5.11 Å². The van der Waals surface area contributed by atoms with E-state index in [0.717, 1.165) is 24.3 Å². The van der Waals surface area contributed by atoms with Crippen LogP contribution in [0.15, 0.2) is 24.3 Å². The molecule has 0 aliphatic rings. The highest BCUT2D eigenvalue weighted by molar-refractivity contribution is 7.80. The minimum absolute atomic E-state index is 0.106. The second-order valence-electron chi connectivity index (χ2n) is 4.08. The molecule has 0 saturated carbocycles. The lowest BCUT2D eigenvalue weighted by Crippen LogP contribution is -2.39. The quantitative estimate of drug-likeness (QED) is 0.702. The van der Waals surface area contributed by atoms with E-state index < -0.39 is 6.09 Å². The normalized spacial score (nSPS) is 9.90. The molecule has 1 radical (unpaired) electrons. The molecule has 0 unspecified atom stereocenters. The summed E-state index contributed by atoms with van der Waals surface area (Å²) in [7, 11) is 0. The molecule has 0 bridgehead atoms. The van der Waals surface area contributed by atoms with Gasteiger partial charge in [-0.15, -0.1) is 0 Å². The van der Waals surface area contributed by atoms with Crippen molar-refractivity contribution in [3.8, 4) is 0 Å². The topological polar surface area (TPSA) is 64.6 Å². The number of thiocarbonyl (C=S) groups is 1. The van der Waals surface area contributed by atoms with Crippen molar-refractivity contribution in [2.75, 3.05) is 24.5 Å². The zero-order valence-electron chi connectivity index (χ0n) is 11.7. The van der Waals surface area contributed by atoms with E-state index >= 15 is 0 Å². The third-order valence-corrected chi connectivity index (χ3v) is 3.09. The number of rotatable bonds is 6. The molecule has 1 aromatic carbocycles. The van der Waals surface area contributed by atoms with Crippen LogP contribution in [-0.2, 0) is 0 Å². The van der Waals surface area contributed by atoms with Crippen molar-refractivity contribution in [1.29, 1.82) is 0 Å². The average molecular weight is 294 g/mol. The smallest absolute Gasteiger partial charge is 0.410 e. The number of hydrogen-bond donors (Lipinski definition) is 3. The highest BCUT2D eigenvalue weighted by Gasteiger charge is 2.08. The SMILES string of the molecule is CCN(CC)c1ccccc1[CH]CNC(=S)NC(=O)O. The van der Waals surface area contributed by atoms with Crippen molar-refractivity contribution < 1.29 is 9.90 Å². The van der Waals surface area contributed by atoms with Gasteiger partial charge >= 0.3 is 6.09 Å². The van der Waals surface area contributed by atoms with Crippen molar-refractivity contribution in [3.63, 3.8) is 0 Å². The number of benzene rings is 1. The van der Waals surface area contributed by atoms with Crippen LogP contribution in [0.4, 0.5) is 10.5 Å². The van der Waals surface area contributed by atoms with Gasteiger partial charge in [0.25, 0.3) is 0 Å². The number of nitrogens with zero attached hydrogens (tertiary/aromatic N) is 1. The van der Waals surface area contributed by atoms with Crippen LogP contribution in [0.1, 0.15) is 19.4 Å². The molecule has 1 aromatic rings. The predicted molar refractivity (Wildman–Crippen MR) is 85.2 cm³/mol. The Morgan fingerprint density at radius 1 is 1.35 bits per heavy atom. The van der Waals surface area contributed by atoms with E-state index in [1.807, 2.05) is 24.6 Å². The molecule has 6 heteroatoms. The first kappa shape index (κ1) is 16.2. The van der Waals surface area contributed by atoms with Crippen LogP contribution < -0.4 is 15.5 Å². The molecule has 0 atom stereocenters. The van der Waals surface area contributed by atoms with E-state index in [-0.39, 0.29) is 5.11 Å². The summed E-state index contributed by atoms with van der Waals surface area (Å²) < 4.78 is 0. The Morgan fingerprint density at radius 3 is 2.60 bits per heavy atom. The number of carbonyl (C=O) groups is 1. The Bertz CT molecular complexity index is 461. The largest absolute Gasteiger partial charge is 0.465 e. The third-order valence-electron chi connectivity index (χ3n) is 2.85. The highest BCUT2D eigenvalue weighted by atomic mass is 32.1. The van der Waals surface area contributed by atoms with Crippen LogP contribution >= 0.6 is 12.2 Å². The minimum atomic E-state index is -1.16. The first-order valence-electron chi connectivity index (χ1n) is 6.53. The first-order valence-corrected chi connectivity index (χ1v) is 6.94. The summed E-state index contributed by atoms with van der Waals surface area (Å²) in [5.41, 5.74) is 2.26. The fourth-order valence-electron chi connectivity index (χ4n) is 1.91. The maximum atomic E-state index is 10.4. The molecule has 3 N–H and O–H groups in total. The summed E-state index contributed by atoms with van der Waals surface area (Å²) in [6.07, 6.45) is 0.828. The maximum absolute atomic E-state index is 10.4. The minimum Gasteiger partial charge on any atom is -0.465 e. The summed E-state index contributed by atoms with van der Waals surface area (Å²) in [4.78, 5) is 12.7.